The summed E-state index contributed by atoms with van der Waals surface area (Å²) in [5, 5.41) is 5.95. The summed E-state index contributed by atoms with van der Waals surface area (Å²) in [4.78, 5) is 100. The zero-order valence-electron chi connectivity index (χ0n) is 39.3. The summed E-state index contributed by atoms with van der Waals surface area (Å²) < 4.78 is 35.1. The molecular formula is C48H54FN11O9S. The normalized spacial score (nSPS) is 11.7. The molecule has 0 saturated carbocycles. The molecule has 0 aliphatic rings. The van der Waals surface area contributed by atoms with Gasteiger partial charge in [0.25, 0.3) is 34.1 Å². The maximum absolute atomic E-state index is 13.9. The number of alkyl halides is 1. The number of pyridine rings is 1. The molecule has 8 aromatic rings. The number of H-pyrrole nitrogens is 2. The van der Waals surface area contributed by atoms with E-state index in [4.69, 9.17) is 14.0 Å². The van der Waals surface area contributed by atoms with Crippen LogP contribution in [0, 0.1) is 6.92 Å². The molecular weight excluding hydrogens is 926 g/mol. The van der Waals surface area contributed by atoms with Crippen molar-refractivity contribution in [2.45, 2.75) is 104 Å². The van der Waals surface area contributed by atoms with Crippen LogP contribution >= 0.6 is 11.3 Å². The van der Waals surface area contributed by atoms with Gasteiger partial charge >= 0.3 is 11.4 Å². The third kappa shape index (κ3) is 12.0. The van der Waals surface area contributed by atoms with Gasteiger partial charge in [-0.25, -0.2) is 19.0 Å². The number of fused-ring (bicyclic) bond motifs is 2. The number of nitrogens with zero attached hydrogens (tertiary/aromatic N) is 9. The Labute approximate surface area is 402 Å². The first kappa shape index (κ1) is 50.3. The van der Waals surface area contributed by atoms with E-state index in [1.54, 1.807) is 29.7 Å². The standard InChI is InChI=1S/C24H28FN7O4.C24H26N4O5S/c1-3-4-8-13-31-19-18(28-20(15(2)25)29-21(19)33)23(34)32(24(31)35)14-9-6-11-17-27-22(36-30-17)16-10-5-7-12-26-16;1-16-8-3-4-11-18(16)32-13-7-14-33-23-25-19-20(21(29)26-23)28(24(31)27(2)22(19)30)12-5-9-17-10-6-15-34-17/h5,7,10,12,15H,3-4,6,8-9,11,13-14H2,1-2H3,(H,28,29,33);3-4,6,8,10-11,15H,5,7,9,12-14H2,1-2H3,(H,25,26,29). The minimum absolute atomic E-state index is 0.0329. The van der Waals surface area contributed by atoms with E-state index in [1.165, 1.54) is 28.0 Å². The van der Waals surface area contributed by atoms with Crippen LogP contribution in [0.1, 0.15) is 87.1 Å². The van der Waals surface area contributed by atoms with Gasteiger partial charge < -0.3 is 19.0 Å². The summed E-state index contributed by atoms with van der Waals surface area (Å²) >= 11 is 1.64. The highest BCUT2D eigenvalue weighted by atomic mass is 32.1. The number of aromatic nitrogens is 11. The van der Waals surface area contributed by atoms with Crippen LogP contribution < -0.4 is 43.1 Å². The first-order chi connectivity index (χ1) is 33.9. The predicted octanol–water partition coefficient (Wildman–Crippen LogP) is 5.57. The van der Waals surface area contributed by atoms with E-state index in [0.717, 1.165) is 39.7 Å². The fourth-order valence-corrected chi connectivity index (χ4v) is 8.34. The molecule has 20 nitrogen and oxygen atoms in total. The van der Waals surface area contributed by atoms with Crippen LogP contribution in [0.15, 0.2) is 99.5 Å². The lowest BCUT2D eigenvalue weighted by Crippen LogP contribution is -2.42. The quantitative estimate of drug-likeness (QED) is 0.0836. The fraction of sp³-hybridized carbons (Fsp3) is 0.396. The van der Waals surface area contributed by atoms with E-state index < -0.39 is 39.8 Å². The molecule has 0 radical (unpaired) electrons. The Balaban J connectivity index is 0.000000207. The molecule has 8 rings (SSSR count). The van der Waals surface area contributed by atoms with Gasteiger partial charge in [0.1, 0.15) is 28.3 Å². The van der Waals surface area contributed by atoms with Gasteiger partial charge in [0.2, 0.25) is 0 Å². The van der Waals surface area contributed by atoms with Gasteiger partial charge in [-0.15, -0.1) is 11.3 Å². The average Bonchev–Trinajstić information content (AvgIpc) is 4.07. The van der Waals surface area contributed by atoms with E-state index in [0.29, 0.717) is 69.1 Å². The van der Waals surface area contributed by atoms with Gasteiger partial charge in [-0.2, -0.15) is 9.97 Å². The van der Waals surface area contributed by atoms with Crippen molar-refractivity contribution in [1.29, 1.82) is 0 Å². The highest BCUT2D eigenvalue weighted by Crippen LogP contribution is 2.18. The molecule has 0 spiro atoms. The summed E-state index contributed by atoms with van der Waals surface area (Å²) in [7, 11) is 1.38. The van der Waals surface area contributed by atoms with Crippen molar-refractivity contribution < 1.29 is 18.4 Å². The lowest BCUT2D eigenvalue weighted by atomic mass is 10.2. The third-order valence-electron chi connectivity index (χ3n) is 11.3. The molecule has 0 aliphatic heterocycles. The van der Waals surface area contributed by atoms with Gasteiger partial charge in [0.15, 0.2) is 23.0 Å². The molecule has 70 heavy (non-hydrogen) atoms. The Hall–Kier alpha value is -7.62. The summed E-state index contributed by atoms with van der Waals surface area (Å²) in [6.07, 6.45) is 5.98. The first-order valence-corrected chi connectivity index (χ1v) is 24.0. The monoisotopic (exact) mass is 979 g/mol. The van der Waals surface area contributed by atoms with Crippen LogP contribution in [0.4, 0.5) is 4.39 Å². The molecule has 1 aromatic carbocycles. The largest absolute Gasteiger partial charge is 0.493 e. The van der Waals surface area contributed by atoms with E-state index in [2.05, 4.69) is 35.1 Å². The number of benzene rings is 1. The highest BCUT2D eigenvalue weighted by Gasteiger charge is 2.21. The van der Waals surface area contributed by atoms with Crippen LogP contribution in [0.5, 0.6) is 11.8 Å². The number of nitrogens with one attached hydrogen (secondary N) is 2. The maximum atomic E-state index is 13.9. The number of thiophene rings is 1. The van der Waals surface area contributed by atoms with E-state index in [1.807, 2.05) is 61.7 Å². The number of unbranched alkanes of at least 4 members (excludes halogenated alkanes) is 3. The molecule has 0 saturated heterocycles. The fourth-order valence-electron chi connectivity index (χ4n) is 7.59. The molecule has 1 atom stereocenters. The molecule has 368 valence electrons. The molecule has 7 heterocycles. The summed E-state index contributed by atoms with van der Waals surface area (Å²) in [6, 6.07) is 17.0. The maximum Gasteiger partial charge on any atom is 0.331 e. The zero-order chi connectivity index (χ0) is 49.7. The van der Waals surface area contributed by atoms with Crippen LogP contribution in [-0.4, -0.2) is 66.5 Å². The molecule has 0 aliphatic carbocycles. The van der Waals surface area contributed by atoms with E-state index in [9.17, 15) is 33.2 Å². The number of halogens is 1. The second kappa shape index (κ2) is 23.6. The van der Waals surface area contributed by atoms with Crippen molar-refractivity contribution in [1.82, 2.24) is 53.3 Å². The van der Waals surface area contributed by atoms with Gasteiger partial charge in [0, 0.05) is 50.6 Å². The number of ether oxygens (including phenoxy) is 2. The van der Waals surface area contributed by atoms with Gasteiger partial charge in [-0.1, -0.05) is 55.3 Å². The second-order valence-electron chi connectivity index (χ2n) is 16.4. The topological polar surface area (TPSA) is 250 Å². The molecule has 0 amide bonds. The molecule has 22 heteroatoms. The number of hydrogen-bond acceptors (Lipinski definition) is 15. The number of hydrogen-bond donors (Lipinski definition) is 2. The second-order valence-corrected chi connectivity index (χ2v) is 17.4. The molecule has 7 aromatic heterocycles. The van der Waals surface area contributed by atoms with Crippen molar-refractivity contribution in [3.63, 3.8) is 0 Å². The number of para-hydroxylation sites is 1. The highest BCUT2D eigenvalue weighted by molar-refractivity contribution is 7.09. The predicted molar refractivity (Wildman–Crippen MR) is 262 cm³/mol. The Morgan fingerprint density at radius 2 is 1.43 bits per heavy atom. The number of rotatable bonds is 21. The Morgan fingerprint density at radius 1 is 0.729 bits per heavy atom. The summed E-state index contributed by atoms with van der Waals surface area (Å²) in [6.45, 7) is 6.54. The molecule has 1 unspecified atom stereocenters. The van der Waals surface area contributed by atoms with Crippen LogP contribution in [0.3, 0.4) is 0 Å². The van der Waals surface area contributed by atoms with Crippen LogP contribution in [-0.2, 0) is 39.5 Å². The van der Waals surface area contributed by atoms with Crippen molar-refractivity contribution in [3.8, 4) is 23.3 Å². The lowest BCUT2D eigenvalue weighted by Gasteiger charge is -2.14. The zero-order valence-corrected chi connectivity index (χ0v) is 40.1. The Morgan fingerprint density at radius 3 is 2.16 bits per heavy atom. The van der Waals surface area contributed by atoms with Gasteiger partial charge in [-0.05, 0) is 81.2 Å². The molecule has 0 fully saturated rings. The Bertz CT molecular complexity index is 3410. The number of aromatic amines is 2. The average molecular weight is 980 g/mol. The smallest absolute Gasteiger partial charge is 0.331 e. The lowest BCUT2D eigenvalue weighted by molar-refractivity contribution is 0.235. The van der Waals surface area contributed by atoms with Crippen molar-refractivity contribution in [2.24, 2.45) is 7.05 Å². The summed E-state index contributed by atoms with van der Waals surface area (Å²) in [5.41, 5.74) is -2.55. The minimum Gasteiger partial charge on any atom is -0.493 e. The summed E-state index contributed by atoms with van der Waals surface area (Å²) in [5.74, 6) is 1.38. The van der Waals surface area contributed by atoms with E-state index >= 15 is 0 Å². The molecule has 2 N–H and O–H groups in total. The van der Waals surface area contributed by atoms with Crippen LogP contribution in [0.2, 0.25) is 0 Å². The van der Waals surface area contributed by atoms with Crippen molar-refractivity contribution in [3.05, 3.63) is 151 Å². The SMILES string of the molecule is CCCCCn1c(=O)n(CCCCc2noc(-c3ccccn3)n2)c(=O)c2nc(C(C)F)[nH]c(=O)c21.Cc1ccccc1OCCCOc1nc2c(=O)n(C)c(=O)n(CCCc3cccs3)c2c(=O)[nH]1. The van der Waals surface area contributed by atoms with Crippen LogP contribution in [0.25, 0.3) is 33.7 Å². The van der Waals surface area contributed by atoms with Gasteiger partial charge in [-0.3, -0.25) is 47.4 Å². The van der Waals surface area contributed by atoms with E-state index in [-0.39, 0.29) is 53.6 Å². The van der Waals surface area contributed by atoms with Crippen molar-refractivity contribution in [2.75, 3.05) is 13.2 Å². The Kier molecular flexibility index (Phi) is 16.9. The van der Waals surface area contributed by atoms with Crippen molar-refractivity contribution >= 4 is 33.4 Å². The first-order valence-electron chi connectivity index (χ1n) is 23.1. The van der Waals surface area contributed by atoms with Gasteiger partial charge in [0.05, 0.1) is 13.2 Å². The third-order valence-corrected chi connectivity index (χ3v) is 12.2. The number of aryl methyl sites for hydroxylation is 5. The molecule has 0 bridgehead atoms. The minimum atomic E-state index is -1.57.